The Morgan fingerprint density at radius 2 is 2.25 bits per heavy atom. The van der Waals surface area contributed by atoms with Gasteiger partial charge >= 0.3 is 5.97 Å². The predicted octanol–water partition coefficient (Wildman–Crippen LogP) is 1.62. The molecule has 0 rings (SSSR count). The maximum atomic E-state index is 10.5. The van der Waals surface area contributed by atoms with E-state index in [1.807, 2.05) is 6.92 Å². The minimum absolute atomic E-state index is 0.466. The number of carboxylic acids is 1. The predicted molar refractivity (Wildman–Crippen MR) is 50.7 cm³/mol. The summed E-state index contributed by atoms with van der Waals surface area (Å²) in [6.07, 6.45) is -0.0177. The topological polar surface area (TPSA) is 46.5 Å². The lowest BCUT2D eigenvalue weighted by atomic mass is 10.3. The van der Waals surface area contributed by atoms with Gasteiger partial charge < -0.3 is 9.84 Å². The number of hydrogen-bond donors (Lipinski definition) is 1. The third-order valence-electron chi connectivity index (χ3n) is 1.37. The fraction of sp³-hybridized carbons (Fsp3) is 0.875. The molecule has 0 aliphatic heterocycles. The number of rotatable bonds is 7. The van der Waals surface area contributed by atoms with Crippen molar-refractivity contribution in [1.82, 2.24) is 0 Å². The van der Waals surface area contributed by atoms with E-state index >= 15 is 0 Å². The number of ether oxygens (including phenoxy) is 1. The molecule has 0 aromatic rings. The zero-order valence-electron chi connectivity index (χ0n) is 7.58. The lowest BCUT2D eigenvalue weighted by Gasteiger charge is -2.10. The van der Waals surface area contributed by atoms with E-state index in [-0.39, 0.29) is 0 Å². The van der Waals surface area contributed by atoms with Crippen LogP contribution in [-0.2, 0) is 9.53 Å². The van der Waals surface area contributed by atoms with Crippen molar-refractivity contribution in [3.63, 3.8) is 0 Å². The molecule has 0 saturated heterocycles. The highest BCUT2D eigenvalue weighted by Gasteiger charge is 2.15. The summed E-state index contributed by atoms with van der Waals surface area (Å²) >= 11 is 1.74. The molecule has 4 heteroatoms. The van der Waals surface area contributed by atoms with Crippen LogP contribution in [0.4, 0.5) is 0 Å². The van der Waals surface area contributed by atoms with E-state index in [2.05, 4.69) is 6.92 Å². The molecule has 0 aliphatic carbocycles. The van der Waals surface area contributed by atoms with E-state index in [9.17, 15) is 4.79 Å². The van der Waals surface area contributed by atoms with Gasteiger partial charge in [0, 0.05) is 6.61 Å². The Hall–Kier alpha value is -0.220. The van der Waals surface area contributed by atoms with Gasteiger partial charge in [-0.25, -0.2) is 4.79 Å². The van der Waals surface area contributed by atoms with Gasteiger partial charge in [-0.3, -0.25) is 0 Å². The van der Waals surface area contributed by atoms with Crippen LogP contribution < -0.4 is 0 Å². The maximum Gasteiger partial charge on any atom is 0.332 e. The number of carbonyl (C=O) groups is 1. The van der Waals surface area contributed by atoms with Crippen LogP contribution in [0, 0.1) is 0 Å². The second kappa shape index (κ2) is 7.43. The Bertz CT molecular complexity index is 127. The van der Waals surface area contributed by atoms with Crippen molar-refractivity contribution in [3.8, 4) is 0 Å². The van der Waals surface area contributed by atoms with E-state index in [1.54, 1.807) is 11.8 Å². The third kappa shape index (κ3) is 5.43. The minimum atomic E-state index is -0.853. The summed E-state index contributed by atoms with van der Waals surface area (Å²) in [6.45, 7) is 4.33. The SMILES string of the molecule is CCOC(CCSCC)C(=O)O. The van der Waals surface area contributed by atoms with Crippen molar-refractivity contribution >= 4 is 17.7 Å². The van der Waals surface area contributed by atoms with E-state index < -0.39 is 12.1 Å². The lowest BCUT2D eigenvalue weighted by Crippen LogP contribution is -2.24. The first kappa shape index (κ1) is 11.8. The van der Waals surface area contributed by atoms with Crippen LogP contribution in [-0.4, -0.2) is 35.3 Å². The van der Waals surface area contributed by atoms with Crippen molar-refractivity contribution in [2.75, 3.05) is 18.1 Å². The first-order valence-electron chi connectivity index (χ1n) is 4.14. The van der Waals surface area contributed by atoms with Gasteiger partial charge in [0.1, 0.15) is 0 Å². The molecule has 12 heavy (non-hydrogen) atoms. The Morgan fingerprint density at radius 1 is 1.58 bits per heavy atom. The largest absolute Gasteiger partial charge is 0.479 e. The van der Waals surface area contributed by atoms with Gasteiger partial charge in [-0.1, -0.05) is 6.92 Å². The van der Waals surface area contributed by atoms with E-state index in [1.165, 1.54) is 0 Å². The molecule has 0 aliphatic rings. The molecule has 0 aromatic carbocycles. The molecule has 3 nitrogen and oxygen atoms in total. The molecule has 0 heterocycles. The summed E-state index contributed by atoms with van der Waals surface area (Å²) < 4.78 is 5.04. The van der Waals surface area contributed by atoms with Crippen molar-refractivity contribution in [2.45, 2.75) is 26.4 Å². The zero-order valence-corrected chi connectivity index (χ0v) is 8.39. The quantitative estimate of drug-likeness (QED) is 0.623. The highest BCUT2D eigenvalue weighted by Crippen LogP contribution is 2.06. The molecular formula is C8H16O3S. The van der Waals surface area contributed by atoms with Crippen LogP contribution in [0.2, 0.25) is 0 Å². The molecule has 0 bridgehead atoms. The molecule has 1 unspecified atom stereocenters. The van der Waals surface area contributed by atoms with Crippen molar-refractivity contribution in [3.05, 3.63) is 0 Å². The van der Waals surface area contributed by atoms with Gasteiger partial charge in [0.25, 0.3) is 0 Å². The van der Waals surface area contributed by atoms with Crippen molar-refractivity contribution in [2.24, 2.45) is 0 Å². The van der Waals surface area contributed by atoms with Gasteiger partial charge in [0.05, 0.1) is 0 Å². The summed E-state index contributed by atoms with van der Waals surface area (Å²) in [5.41, 5.74) is 0. The van der Waals surface area contributed by atoms with Gasteiger partial charge in [0.2, 0.25) is 0 Å². The molecule has 0 radical (unpaired) electrons. The lowest BCUT2D eigenvalue weighted by molar-refractivity contribution is -0.150. The molecule has 1 atom stereocenters. The summed E-state index contributed by atoms with van der Waals surface area (Å²) in [7, 11) is 0. The summed E-state index contributed by atoms with van der Waals surface area (Å²) in [5, 5.41) is 8.67. The van der Waals surface area contributed by atoms with Gasteiger partial charge in [-0.05, 0) is 24.9 Å². The molecule has 1 N–H and O–H groups in total. The van der Waals surface area contributed by atoms with Crippen molar-refractivity contribution in [1.29, 1.82) is 0 Å². The van der Waals surface area contributed by atoms with Crippen molar-refractivity contribution < 1.29 is 14.6 Å². The van der Waals surface area contributed by atoms with Crippen LogP contribution in [0.25, 0.3) is 0 Å². The van der Waals surface area contributed by atoms with Crippen LogP contribution in [0.15, 0.2) is 0 Å². The van der Waals surface area contributed by atoms with Gasteiger partial charge in [-0.2, -0.15) is 11.8 Å². The fourth-order valence-corrected chi connectivity index (χ4v) is 1.48. The van der Waals surface area contributed by atoms with Crippen LogP contribution in [0.3, 0.4) is 0 Å². The van der Waals surface area contributed by atoms with E-state index in [0.717, 1.165) is 11.5 Å². The third-order valence-corrected chi connectivity index (χ3v) is 2.30. The van der Waals surface area contributed by atoms with Crippen LogP contribution in [0.5, 0.6) is 0 Å². The first-order chi connectivity index (χ1) is 5.72. The second-order valence-electron chi connectivity index (χ2n) is 2.27. The Morgan fingerprint density at radius 3 is 2.67 bits per heavy atom. The number of carboxylic acid groups (broad SMARTS) is 1. The maximum absolute atomic E-state index is 10.5. The zero-order chi connectivity index (χ0) is 9.40. The average molecular weight is 192 g/mol. The normalized spacial score (nSPS) is 12.8. The fourth-order valence-electron chi connectivity index (χ4n) is 0.814. The van der Waals surface area contributed by atoms with Gasteiger partial charge in [0.15, 0.2) is 6.10 Å². The second-order valence-corrected chi connectivity index (χ2v) is 3.66. The van der Waals surface area contributed by atoms with Crippen LogP contribution in [0.1, 0.15) is 20.3 Å². The highest BCUT2D eigenvalue weighted by molar-refractivity contribution is 7.99. The van der Waals surface area contributed by atoms with Gasteiger partial charge in [-0.15, -0.1) is 0 Å². The Labute approximate surface area is 77.5 Å². The Balaban J connectivity index is 3.56. The average Bonchev–Trinajstić information content (AvgIpc) is 2.03. The van der Waals surface area contributed by atoms with Crippen LogP contribution >= 0.6 is 11.8 Å². The summed E-state index contributed by atoms with van der Waals surface area (Å²) in [6, 6.07) is 0. The number of hydrogen-bond acceptors (Lipinski definition) is 3. The van der Waals surface area contributed by atoms with E-state index in [0.29, 0.717) is 13.0 Å². The highest BCUT2D eigenvalue weighted by atomic mass is 32.2. The molecule has 0 aromatic heterocycles. The number of thioether (sulfide) groups is 1. The molecule has 0 fully saturated rings. The molecular weight excluding hydrogens is 176 g/mol. The summed E-state index contributed by atoms with van der Waals surface area (Å²) in [4.78, 5) is 10.5. The minimum Gasteiger partial charge on any atom is -0.479 e. The standard InChI is InChI=1S/C8H16O3S/c1-3-11-7(8(9)10)5-6-12-4-2/h7H,3-6H2,1-2H3,(H,9,10). The Kier molecular flexibility index (Phi) is 7.29. The molecule has 0 amide bonds. The summed E-state index contributed by atoms with van der Waals surface area (Å²) in [5.74, 6) is 1.03. The monoisotopic (exact) mass is 192 g/mol. The smallest absolute Gasteiger partial charge is 0.332 e. The first-order valence-corrected chi connectivity index (χ1v) is 5.30. The molecule has 0 saturated carbocycles. The number of aliphatic carboxylic acids is 1. The van der Waals surface area contributed by atoms with E-state index in [4.69, 9.17) is 9.84 Å². The molecule has 0 spiro atoms. The molecule has 72 valence electrons.